The lowest BCUT2D eigenvalue weighted by molar-refractivity contribution is 0.343. The van der Waals surface area contributed by atoms with Crippen molar-refractivity contribution in [2.24, 2.45) is 0 Å². The summed E-state index contributed by atoms with van der Waals surface area (Å²) < 4.78 is 0. The highest BCUT2D eigenvalue weighted by Gasteiger charge is 2.71. The van der Waals surface area contributed by atoms with Crippen LogP contribution in [0.5, 0.6) is 0 Å². The van der Waals surface area contributed by atoms with E-state index in [0.29, 0.717) is 0 Å². The standard InChI is InChI=1S/C34H20/c1-5-15-25-21(11-1)31-22-12-2-6-16-26(22)33(25)29-19-9-10-20-30(29)34(33)27-17-7-3-13-23(27)32(31)24-14-4-8-18-28(24)34/h1-20H. The van der Waals surface area contributed by atoms with E-state index in [1.165, 1.54) is 66.8 Å². The van der Waals surface area contributed by atoms with Crippen molar-refractivity contribution in [3.05, 3.63) is 177 Å². The first-order valence-corrected chi connectivity index (χ1v) is 12.1. The fourth-order valence-electron chi connectivity index (χ4n) is 8.10. The minimum Gasteiger partial charge on any atom is -0.0619 e. The smallest absolute Gasteiger partial charge is 0.0619 e. The Bertz CT molecular complexity index is 1530. The van der Waals surface area contributed by atoms with Crippen LogP contribution >= 0.6 is 0 Å². The van der Waals surface area contributed by atoms with Crippen molar-refractivity contribution in [2.75, 3.05) is 0 Å². The molecule has 2 spiro atoms. The van der Waals surface area contributed by atoms with Crippen LogP contribution in [0.3, 0.4) is 0 Å². The predicted molar refractivity (Wildman–Crippen MR) is 137 cm³/mol. The van der Waals surface area contributed by atoms with Crippen LogP contribution in [0.4, 0.5) is 0 Å². The Morgan fingerprint density at radius 1 is 0.265 bits per heavy atom. The highest BCUT2D eigenvalue weighted by atomic mass is 14.7. The fraction of sp³-hybridized carbons (Fsp3) is 0.0588. The van der Waals surface area contributed by atoms with E-state index in [9.17, 15) is 0 Å². The van der Waals surface area contributed by atoms with Gasteiger partial charge in [0.2, 0.25) is 0 Å². The van der Waals surface area contributed by atoms with E-state index >= 15 is 0 Å². The Morgan fingerprint density at radius 3 is 0.794 bits per heavy atom. The Morgan fingerprint density at radius 2 is 0.500 bits per heavy atom. The molecule has 7 aliphatic carbocycles. The molecule has 7 aliphatic rings. The molecule has 0 unspecified atom stereocenters. The zero-order valence-electron chi connectivity index (χ0n) is 18.5. The molecule has 0 saturated carbocycles. The highest BCUT2D eigenvalue weighted by Crippen LogP contribution is 2.75. The second-order valence-corrected chi connectivity index (χ2v) is 9.98. The van der Waals surface area contributed by atoms with Crippen molar-refractivity contribution < 1.29 is 0 Å². The summed E-state index contributed by atoms with van der Waals surface area (Å²) in [5.74, 6) is 0. The third-order valence-electron chi connectivity index (χ3n) is 8.95. The van der Waals surface area contributed by atoms with Gasteiger partial charge in [-0.1, -0.05) is 121 Å². The number of hydrogen-bond acceptors (Lipinski definition) is 0. The quantitative estimate of drug-likeness (QED) is 0.242. The molecule has 0 amide bonds. The summed E-state index contributed by atoms with van der Waals surface area (Å²) in [5, 5.41) is 0. The van der Waals surface area contributed by atoms with E-state index in [1.54, 1.807) is 0 Å². The molecule has 0 heteroatoms. The van der Waals surface area contributed by atoms with Crippen molar-refractivity contribution in [1.82, 2.24) is 0 Å². The summed E-state index contributed by atoms with van der Waals surface area (Å²) >= 11 is 0. The van der Waals surface area contributed by atoms with E-state index < -0.39 is 0 Å². The minimum atomic E-state index is -0.265. The highest BCUT2D eigenvalue weighted by molar-refractivity contribution is 6.13. The summed E-state index contributed by atoms with van der Waals surface area (Å²) in [6.07, 6.45) is 0. The first-order valence-electron chi connectivity index (χ1n) is 12.1. The minimum absolute atomic E-state index is 0.265. The van der Waals surface area contributed by atoms with Crippen LogP contribution in [0.1, 0.15) is 55.6 Å². The van der Waals surface area contributed by atoms with Gasteiger partial charge in [-0.15, -0.1) is 0 Å². The van der Waals surface area contributed by atoms with Gasteiger partial charge >= 0.3 is 0 Å². The molecule has 0 heterocycles. The van der Waals surface area contributed by atoms with E-state index in [0.717, 1.165) is 0 Å². The number of rotatable bonds is 0. The maximum Gasteiger partial charge on any atom is 0.0644 e. The molecule has 0 atom stereocenters. The maximum absolute atomic E-state index is 2.40. The van der Waals surface area contributed by atoms with Gasteiger partial charge in [0.1, 0.15) is 0 Å². The SMILES string of the molecule is c1ccc2c(c1)C1=C3c4ccccc4C4(c5ccccc53)c3ccccc3C24c2ccccc21. The lowest BCUT2D eigenvalue weighted by Gasteiger charge is -2.67. The summed E-state index contributed by atoms with van der Waals surface area (Å²) in [4.78, 5) is 0. The molecule has 0 nitrogen and oxygen atoms in total. The van der Waals surface area contributed by atoms with E-state index in [2.05, 4.69) is 121 Å². The Labute approximate surface area is 198 Å². The second-order valence-electron chi connectivity index (χ2n) is 9.98. The molecule has 156 valence electrons. The van der Waals surface area contributed by atoms with Crippen LogP contribution in [0, 0.1) is 0 Å². The largest absolute Gasteiger partial charge is 0.0644 e. The van der Waals surface area contributed by atoms with E-state index in [-0.39, 0.29) is 10.8 Å². The average molecular weight is 429 g/mol. The lowest BCUT2D eigenvalue weighted by Crippen LogP contribution is -2.64. The van der Waals surface area contributed by atoms with Crippen LogP contribution in [0.2, 0.25) is 0 Å². The molecular weight excluding hydrogens is 408 g/mol. The fourth-order valence-corrected chi connectivity index (χ4v) is 8.10. The van der Waals surface area contributed by atoms with Gasteiger partial charge in [-0.2, -0.15) is 0 Å². The topological polar surface area (TPSA) is 0 Å². The van der Waals surface area contributed by atoms with Gasteiger partial charge in [-0.3, -0.25) is 0 Å². The van der Waals surface area contributed by atoms with Crippen LogP contribution in [0.25, 0.3) is 11.1 Å². The average Bonchev–Trinajstić information content (AvgIpc) is 2.89. The lowest BCUT2D eigenvalue weighted by atomic mass is 9.33. The molecule has 34 heavy (non-hydrogen) atoms. The van der Waals surface area contributed by atoms with Crippen LogP contribution in [0.15, 0.2) is 121 Å². The number of hydrogen-bond donors (Lipinski definition) is 0. The van der Waals surface area contributed by atoms with Crippen molar-refractivity contribution in [2.45, 2.75) is 10.8 Å². The van der Waals surface area contributed by atoms with E-state index in [4.69, 9.17) is 0 Å². The molecule has 12 rings (SSSR count). The van der Waals surface area contributed by atoms with Crippen LogP contribution < -0.4 is 0 Å². The van der Waals surface area contributed by atoms with Gasteiger partial charge in [0, 0.05) is 0 Å². The van der Waals surface area contributed by atoms with Crippen molar-refractivity contribution in [3.63, 3.8) is 0 Å². The Kier molecular flexibility index (Phi) is 2.80. The van der Waals surface area contributed by atoms with Gasteiger partial charge in [-0.05, 0) is 66.8 Å². The van der Waals surface area contributed by atoms with Crippen molar-refractivity contribution >= 4 is 11.1 Å². The summed E-state index contributed by atoms with van der Waals surface area (Å²) in [6.45, 7) is 0. The van der Waals surface area contributed by atoms with E-state index in [1.807, 2.05) is 0 Å². The zero-order valence-corrected chi connectivity index (χ0v) is 18.5. The molecule has 0 aliphatic heterocycles. The number of benzene rings is 5. The predicted octanol–water partition coefficient (Wildman–Crippen LogP) is 7.32. The molecule has 0 saturated heterocycles. The molecule has 4 bridgehead atoms. The molecule has 5 aromatic carbocycles. The Balaban J connectivity index is 1.71. The maximum atomic E-state index is 2.40. The van der Waals surface area contributed by atoms with Crippen molar-refractivity contribution in [3.8, 4) is 0 Å². The van der Waals surface area contributed by atoms with Gasteiger partial charge in [0.15, 0.2) is 0 Å². The van der Waals surface area contributed by atoms with Crippen molar-refractivity contribution in [1.29, 1.82) is 0 Å². The summed E-state index contributed by atoms with van der Waals surface area (Å²) in [6, 6.07) is 46.0. The van der Waals surface area contributed by atoms with Gasteiger partial charge in [-0.25, -0.2) is 0 Å². The molecule has 0 fully saturated rings. The van der Waals surface area contributed by atoms with Gasteiger partial charge < -0.3 is 0 Å². The summed E-state index contributed by atoms with van der Waals surface area (Å²) in [5.41, 5.74) is 16.5. The second kappa shape index (κ2) is 5.48. The molecule has 0 aromatic heterocycles. The number of fused-ring (bicyclic) bond motifs is 1. The first-order chi connectivity index (χ1) is 16.9. The third kappa shape index (κ3) is 1.49. The van der Waals surface area contributed by atoms with Gasteiger partial charge in [0.05, 0.1) is 10.8 Å². The first kappa shape index (κ1) is 17.3. The zero-order chi connectivity index (χ0) is 22.1. The molecular formula is C34H20. The molecule has 0 radical (unpaired) electrons. The third-order valence-corrected chi connectivity index (χ3v) is 8.95. The molecule has 5 aromatic rings. The van der Waals surface area contributed by atoms with Crippen LogP contribution in [-0.2, 0) is 10.8 Å². The van der Waals surface area contributed by atoms with Crippen LogP contribution in [-0.4, -0.2) is 0 Å². The normalized spacial score (nSPS) is 23.4. The monoisotopic (exact) mass is 428 g/mol. The molecule has 0 N–H and O–H groups in total. The van der Waals surface area contributed by atoms with Gasteiger partial charge in [0.25, 0.3) is 0 Å². The summed E-state index contributed by atoms with van der Waals surface area (Å²) in [7, 11) is 0. The Hall–Kier alpha value is -4.16.